The zero-order valence-electron chi connectivity index (χ0n) is 14.1. The van der Waals surface area contributed by atoms with E-state index in [4.69, 9.17) is 0 Å². The van der Waals surface area contributed by atoms with Crippen molar-refractivity contribution in [3.63, 3.8) is 0 Å². The van der Waals surface area contributed by atoms with E-state index in [1.165, 1.54) is 4.90 Å². The summed E-state index contributed by atoms with van der Waals surface area (Å²) in [6.45, 7) is 1.93. The molecule has 0 aromatic heterocycles. The summed E-state index contributed by atoms with van der Waals surface area (Å²) in [6, 6.07) is 14.3. The third-order valence-corrected chi connectivity index (χ3v) is 4.78. The molecule has 0 spiro atoms. The van der Waals surface area contributed by atoms with Gasteiger partial charge in [0.2, 0.25) is 15.9 Å². The van der Waals surface area contributed by atoms with E-state index in [0.717, 1.165) is 16.7 Å². The lowest BCUT2D eigenvalue weighted by Crippen LogP contribution is -2.23. The Morgan fingerprint density at radius 2 is 1.71 bits per heavy atom. The molecule has 0 aliphatic carbocycles. The second-order valence-electron chi connectivity index (χ2n) is 6.01. The van der Waals surface area contributed by atoms with E-state index in [0.29, 0.717) is 12.1 Å². The van der Waals surface area contributed by atoms with E-state index < -0.39 is 10.0 Å². The SMILES string of the molecule is Cc1cccc(CS(=O)(=O)Nc2ccc(CC(=O)N(C)C)cc2)c1. The fraction of sp³-hybridized carbons (Fsp3) is 0.278. The Labute approximate surface area is 143 Å². The molecule has 0 bridgehead atoms. The molecule has 0 atom stereocenters. The molecule has 0 heterocycles. The number of carbonyl (C=O) groups excluding carboxylic acids is 1. The molecule has 0 aliphatic heterocycles. The van der Waals surface area contributed by atoms with Crippen molar-refractivity contribution in [3.05, 3.63) is 65.2 Å². The van der Waals surface area contributed by atoms with E-state index in [-0.39, 0.29) is 11.7 Å². The van der Waals surface area contributed by atoms with Gasteiger partial charge in [0.25, 0.3) is 0 Å². The maximum Gasteiger partial charge on any atom is 0.236 e. The van der Waals surface area contributed by atoms with Gasteiger partial charge in [0.05, 0.1) is 12.2 Å². The smallest absolute Gasteiger partial charge is 0.236 e. The monoisotopic (exact) mass is 346 g/mol. The van der Waals surface area contributed by atoms with Crippen LogP contribution in [0, 0.1) is 6.92 Å². The Balaban J connectivity index is 2.03. The molecule has 128 valence electrons. The number of sulfonamides is 1. The van der Waals surface area contributed by atoms with Crippen LogP contribution in [0.2, 0.25) is 0 Å². The first-order chi connectivity index (χ1) is 11.2. The molecule has 0 unspecified atom stereocenters. The third kappa shape index (κ3) is 5.38. The normalized spacial score (nSPS) is 11.1. The number of hydrogen-bond donors (Lipinski definition) is 1. The molecule has 5 nitrogen and oxygen atoms in total. The molecule has 2 rings (SSSR count). The average molecular weight is 346 g/mol. The Morgan fingerprint density at radius 1 is 1.04 bits per heavy atom. The van der Waals surface area contributed by atoms with Crippen LogP contribution in [0.5, 0.6) is 0 Å². The van der Waals surface area contributed by atoms with Gasteiger partial charge in [-0.25, -0.2) is 8.42 Å². The van der Waals surface area contributed by atoms with Crippen LogP contribution in [0.15, 0.2) is 48.5 Å². The van der Waals surface area contributed by atoms with Crippen LogP contribution < -0.4 is 4.72 Å². The Bertz CT molecular complexity index is 812. The van der Waals surface area contributed by atoms with E-state index in [1.54, 1.807) is 44.4 Å². The Morgan fingerprint density at radius 3 is 2.29 bits per heavy atom. The molecule has 6 heteroatoms. The van der Waals surface area contributed by atoms with Crippen LogP contribution in [0.25, 0.3) is 0 Å². The van der Waals surface area contributed by atoms with E-state index >= 15 is 0 Å². The highest BCUT2D eigenvalue weighted by atomic mass is 32.2. The summed E-state index contributed by atoms with van der Waals surface area (Å²) in [7, 11) is -0.0700. The molecule has 0 fully saturated rings. The van der Waals surface area contributed by atoms with Gasteiger partial charge >= 0.3 is 0 Å². The van der Waals surface area contributed by atoms with Crippen LogP contribution in [-0.4, -0.2) is 33.3 Å². The number of nitrogens with zero attached hydrogens (tertiary/aromatic N) is 1. The summed E-state index contributed by atoms with van der Waals surface area (Å²) in [5, 5.41) is 0. The highest BCUT2D eigenvalue weighted by Gasteiger charge is 2.12. The number of amides is 1. The zero-order valence-corrected chi connectivity index (χ0v) is 14.9. The largest absolute Gasteiger partial charge is 0.349 e. The van der Waals surface area contributed by atoms with Gasteiger partial charge in [0.15, 0.2) is 0 Å². The van der Waals surface area contributed by atoms with E-state index in [9.17, 15) is 13.2 Å². The van der Waals surface area contributed by atoms with Gasteiger partial charge in [-0.2, -0.15) is 0 Å². The predicted molar refractivity (Wildman–Crippen MR) is 96.3 cm³/mol. The number of aryl methyl sites for hydroxylation is 1. The minimum atomic E-state index is -3.48. The topological polar surface area (TPSA) is 66.5 Å². The Kier molecular flexibility index (Phi) is 5.62. The van der Waals surface area contributed by atoms with Crippen molar-refractivity contribution in [1.82, 2.24) is 4.90 Å². The zero-order chi connectivity index (χ0) is 17.7. The van der Waals surface area contributed by atoms with Crippen molar-refractivity contribution in [3.8, 4) is 0 Å². The van der Waals surface area contributed by atoms with Crippen LogP contribution in [-0.2, 0) is 27.0 Å². The second-order valence-corrected chi connectivity index (χ2v) is 7.73. The van der Waals surface area contributed by atoms with Crippen molar-refractivity contribution in [2.75, 3.05) is 18.8 Å². The fourth-order valence-corrected chi connectivity index (χ4v) is 3.45. The summed E-state index contributed by atoms with van der Waals surface area (Å²) < 4.78 is 27.1. The summed E-state index contributed by atoms with van der Waals surface area (Å²) >= 11 is 0. The molecule has 0 radical (unpaired) electrons. The molecule has 0 saturated carbocycles. The van der Waals surface area contributed by atoms with Crippen molar-refractivity contribution in [2.24, 2.45) is 0 Å². The first kappa shape index (κ1) is 18.0. The molecular formula is C18H22N2O3S. The average Bonchev–Trinajstić information content (AvgIpc) is 2.48. The van der Waals surface area contributed by atoms with Gasteiger partial charge in [-0.3, -0.25) is 9.52 Å². The standard InChI is InChI=1S/C18H22N2O3S/c1-14-5-4-6-16(11-14)13-24(22,23)19-17-9-7-15(8-10-17)12-18(21)20(2)3/h4-11,19H,12-13H2,1-3H3. The molecule has 24 heavy (non-hydrogen) atoms. The first-order valence-electron chi connectivity index (χ1n) is 7.60. The molecule has 0 aliphatic rings. The van der Waals surface area contributed by atoms with Crippen LogP contribution in [0.3, 0.4) is 0 Å². The lowest BCUT2D eigenvalue weighted by atomic mass is 10.1. The maximum atomic E-state index is 12.3. The summed E-state index contributed by atoms with van der Waals surface area (Å²) in [5.74, 6) is -0.0713. The summed E-state index contributed by atoms with van der Waals surface area (Å²) in [4.78, 5) is 13.2. The number of carbonyl (C=O) groups is 1. The number of benzene rings is 2. The minimum absolute atomic E-state index is 0.00257. The van der Waals surface area contributed by atoms with E-state index in [1.807, 2.05) is 25.1 Å². The second kappa shape index (κ2) is 7.49. The third-order valence-electron chi connectivity index (χ3n) is 3.52. The van der Waals surface area contributed by atoms with Crippen molar-refractivity contribution < 1.29 is 13.2 Å². The predicted octanol–water partition coefficient (Wildman–Crippen LogP) is 2.57. The number of hydrogen-bond acceptors (Lipinski definition) is 3. The molecule has 0 saturated heterocycles. The van der Waals surface area contributed by atoms with Crippen molar-refractivity contribution in [2.45, 2.75) is 19.1 Å². The first-order valence-corrected chi connectivity index (χ1v) is 9.25. The lowest BCUT2D eigenvalue weighted by Gasteiger charge is -2.11. The quantitative estimate of drug-likeness (QED) is 0.874. The summed E-state index contributed by atoms with van der Waals surface area (Å²) in [5.41, 5.74) is 3.10. The maximum absolute atomic E-state index is 12.3. The highest BCUT2D eigenvalue weighted by molar-refractivity contribution is 7.91. The number of anilines is 1. The van der Waals surface area contributed by atoms with Gasteiger partial charge in [-0.1, -0.05) is 42.0 Å². The van der Waals surface area contributed by atoms with Gasteiger partial charge in [-0.15, -0.1) is 0 Å². The molecule has 2 aromatic carbocycles. The molecule has 2 aromatic rings. The fourth-order valence-electron chi connectivity index (χ4n) is 2.26. The van der Waals surface area contributed by atoms with Crippen molar-refractivity contribution >= 4 is 21.6 Å². The van der Waals surface area contributed by atoms with Crippen molar-refractivity contribution in [1.29, 1.82) is 0 Å². The van der Waals surface area contributed by atoms with Gasteiger partial charge in [-0.05, 0) is 30.2 Å². The van der Waals surface area contributed by atoms with Crippen LogP contribution >= 0.6 is 0 Å². The van der Waals surface area contributed by atoms with Crippen LogP contribution in [0.4, 0.5) is 5.69 Å². The van der Waals surface area contributed by atoms with Gasteiger partial charge in [0.1, 0.15) is 0 Å². The van der Waals surface area contributed by atoms with Crippen LogP contribution in [0.1, 0.15) is 16.7 Å². The van der Waals surface area contributed by atoms with Gasteiger partial charge in [0, 0.05) is 19.8 Å². The number of rotatable bonds is 6. The minimum Gasteiger partial charge on any atom is -0.349 e. The lowest BCUT2D eigenvalue weighted by molar-refractivity contribution is -0.127. The van der Waals surface area contributed by atoms with Gasteiger partial charge < -0.3 is 4.90 Å². The number of nitrogens with one attached hydrogen (secondary N) is 1. The van der Waals surface area contributed by atoms with E-state index in [2.05, 4.69) is 4.72 Å². The number of likely N-dealkylation sites (N-methyl/N-ethyl adjacent to an activating group) is 1. The highest BCUT2D eigenvalue weighted by Crippen LogP contribution is 2.15. The molecule has 1 amide bonds. The Hall–Kier alpha value is -2.34. The molecule has 1 N–H and O–H groups in total. The molecular weight excluding hydrogens is 324 g/mol. The summed E-state index contributed by atoms with van der Waals surface area (Å²) in [6.07, 6.45) is 0.295.